The third kappa shape index (κ3) is 3.33. The van der Waals surface area contributed by atoms with Crippen molar-refractivity contribution in [3.8, 4) is 5.69 Å². The minimum absolute atomic E-state index is 0.264. The first-order valence-electron chi connectivity index (χ1n) is 7.21. The lowest BCUT2D eigenvalue weighted by atomic mass is 10.3. The summed E-state index contributed by atoms with van der Waals surface area (Å²) < 4.78 is 14.7. The molecule has 0 saturated heterocycles. The number of nitrogens with zero attached hydrogens (tertiary/aromatic N) is 6. The van der Waals surface area contributed by atoms with Crippen molar-refractivity contribution < 1.29 is 4.39 Å². The van der Waals surface area contributed by atoms with E-state index in [0.29, 0.717) is 12.5 Å². The topological polar surface area (TPSA) is 59.7 Å². The number of hydrogen-bond acceptors (Lipinski definition) is 5. The first-order valence-corrected chi connectivity index (χ1v) is 7.21. The van der Waals surface area contributed by atoms with Crippen molar-refractivity contribution in [2.75, 3.05) is 11.9 Å². The van der Waals surface area contributed by atoms with Crippen LogP contribution in [0.5, 0.6) is 0 Å². The molecule has 0 N–H and O–H groups in total. The van der Waals surface area contributed by atoms with E-state index in [2.05, 4.69) is 20.3 Å². The van der Waals surface area contributed by atoms with Crippen LogP contribution in [0.4, 0.5) is 10.3 Å². The zero-order valence-electron chi connectivity index (χ0n) is 13.2. The van der Waals surface area contributed by atoms with E-state index in [1.54, 1.807) is 23.0 Å². The summed E-state index contributed by atoms with van der Waals surface area (Å²) in [5.41, 5.74) is 3.50. The van der Waals surface area contributed by atoms with Crippen LogP contribution >= 0.6 is 0 Å². The summed E-state index contributed by atoms with van der Waals surface area (Å²) in [6, 6.07) is 6.20. The molecule has 3 rings (SSSR count). The lowest BCUT2D eigenvalue weighted by Crippen LogP contribution is -2.20. The Bertz CT molecular complexity index is 812. The number of rotatable bonds is 4. The molecule has 23 heavy (non-hydrogen) atoms. The number of halogens is 1. The van der Waals surface area contributed by atoms with E-state index in [-0.39, 0.29) is 5.82 Å². The van der Waals surface area contributed by atoms with Crippen molar-refractivity contribution in [1.29, 1.82) is 0 Å². The van der Waals surface area contributed by atoms with Crippen LogP contribution < -0.4 is 4.90 Å². The third-order valence-electron chi connectivity index (χ3n) is 3.57. The van der Waals surface area contributed by atoms with Crippen molar-refractivity contribution in [2.45, 2.75) is 20.4 Å². The molecule has 0 saturated carbocycles. The van der Waals surface area contributed by atoms with Gasteiger partial charge in [-0.15, -0.1) is 5.10 Å². The predicted molar refractivity (Wildman–Crippen MR) is 84.9 cm³/mol. The van der Waals surface area contributed by atoms with Crippen LogP contribution in [0.1, 0.15) is 17.0 Å². The standard InChI is InChI=1S/C16H17FN6/c1-11-12(2)20-21-16(19-11)22(3)9-13-8-18-23(10-13)15-6-4-14(17)5-7-15/h4-8,10H,9H2,1-3H3. The maximum Gasteiger partial charge on any atom is 0.245 e. The highest BCUT2D eigenvalue weighted by molar-refractivity contribution is 5.33. The van der Waals surface area contributed by atoms with E-state index in [9.17, 15) is 4.39 Å². The second kappa shape index (κ2) is 6.12. The molecule has 0 aliphatic carbocycles. The molecule has 7 heteroatoms. The molecule has 0 spiro atoms. The second-order valence-electron chi connectivity index (χ2n) is 5.41. The number of aryl methyl sites for hydroxylation is 2. The van der Waals surface area contributed by atoms with Crippen LogP contribution in [0.3, 0.4) is 0 Å². The van der Waals surface area contributed by atoms with Crippen molar-refractivity contribution in [3.05, 3.63) is 59.4 Å². The monoisotopic (exact) mass is 312 g/mol. The summed E-state index contributed by atoms with van der Waals surface area (Å²) in [4.78, 5) is 6.34. The van der Waals surface area contributed by atoms with Crippen LogP contribution in [0, 0.1) is 19.7 Å². The van der Waals surface area contributed by atoms with Gasteiger partial charge in [-0.2, -0.15) is 10.2 Å². The molecule has 0 aliphatic rings. The fourth-order valence-corrected chi connectivity index (χ4v) is 2.13. The maximum atomic E-state index is 13.0. The lowest BCUT2D eigenvalue weighted by molar-refractivity contribution is 0.627. The molecule has 1 aromatic carbocycles. The molecule has 0 aliphatic heterocycles. The highest BCUT2D eigenvalue weighted by atomic mass is 19.1. The van der Waals surface area contributed by atoms with Gasteiger partial charge in [0.2, 0.25) is 5.95 Å². The molecule has 6 nitrogen and oxygen atoms in total. The van der Waals surface area contributed by atoms with E-state index in [0.717, 1.165) is 22.6 Å². The van der Waals surface area contributed by atoms with Crippen molar-refractivity contribution >= 4 is 5.95 Å². The molecular weight excluding hydrogens is 295 g/mol. The summed E-state index contributed by atoms with van der Waals surface area (Å²) >= 11 is 0. The van der Waals surface area contributed by atoms with Gasteiger partial charge >= 0.3 is 0 Å². The van der Waals surface area contributed by atoms with Gasteiger partial charge in [0.05, 0.1) is 23.3 Å². The molecule has 0 atom stereocenters. The molecule has 0 fully saturated rings. The Labute approximate surface area is 133 Å². The first-order chi connectivity index (χ1) is 11.0. The summed E-state index contributed by atoms with van der Waals surface area (Å²) in [7, 11) is 1.90. The Morgan fingerprint density at radius 3 is 2.52 bits per heavy atom. The Hall–Kier alpha value is -2.83. The van der Waals surface area contributed by atoms with E-state index < -0.39 is 0 Å². The van der Waals surface area contributed by atoms with Crippen molar-refractivity contribution in [3.63, 3.8) is 0 Å². The van der Waals surface area contributed by atoms with Crippen molar-refractivity contribution in [2.24, 2.45) is 0 Å². The zero-order valence-corrected chi connectivity index (χ0v) is 13.2. The van der Waals surface area contributed by atoms with Crippen molar-refractivity contribution in [1.82, 2.24) is 25.0 Å². The average molecular weight is 312 g/mol. The van der Waals surface area contributed by atoms with E-state index in [1.807, 2.05) is 32.0 Å². The largest absolute Gasteiger partial charge is 0.338 e. The van der Waals surface area contributed by atoms with Gasteiger partial charge in [-0.25, -0.2) is 14.1 Å². The van der Waals surface area contributed by atoms with Gasteiger partial charge in [-0.3, -0.25) is 0 Å². The van der Waals surface area contributed by atoms with Gasteiger partial charge in [-0.1, -0.05) is 0 Å². The normalized spacial score (nSPS) is 10.8. The van der Waals surface area contributed by atoms with Crippen LogP contribution in [0.2, 0.25) is 0 Å². The van der Waals surface area contributed by atoms with Gasteiger partial charge in [0, 0.05) is 25.4 Å². The molecule has 0 radical (unpaired) electrons. The van der Waals surface area contributed by atoms with Gasteiger partial charge in [0.15, 0.2) is 0 Å². The SMILES string of the molecule is Cc1nnc(N(C)Cc2cnn(-c3ccc(F)cc3)c2)nc1C. The Morgan fingerprint density at radius 2 is 1.83 bits per heavy atom. The fourth-order valence-electron chi connectivity index (χ4n) is 2.13. The Balaban J connectivity index is 1.75. The molecule has 3 aromatic rings. The smallest absolute Gasteiger partial charge is 0.245 e. The van der Waals surface area contributed by atoms with E-state index in [4.69, 9.17) is 0 Å². The van der Waals surface area contributed by atoms with Gasteiger partial charge < -0.3 is 4.90 Å². The first kappa shape index (κ1) is 15.1. The summed E-state index contributed by atoms with van der Waals surface area (Å²) in [6.07, 6.45) is 3.67. The summed E-state index contributed by atoms with van der Waals surface area (Å²) in [6.45, 7) is 4.39. The molecule has 0 amide bonds. The summed E-state index contributed by atoms with van der Waals surface area (Å²) in [5, 5.41) is 12.5. The fraction of sp³-hybridized carbons (Fsp3) is 0.250. The third-order valence-corrected chi connectivity index (χ3v) is 3.57. The molecule has 118 valence electrons. The van der Waals surface area contributed by atoms with Crippen LogP contribution in [0.15, 0.2) is 36.7 Å². The van der Waals surface area contributed by atoms with Gasteiger partial charge in [0.1, 0.15) is 5.82 Å². The quantitative estimate of drug-likeness (QED) is 0.740. The number of benzene rings is 1. The molecular formula is C16H17FN6. The number of aromatic nitrogens is 5. The Kier molecular flexibility index (Phi) is 4.01. The highest BCUT2D eigenvalue weighted by Gasteiger charge is 2.09. The lowest BCUT2D eigenvalue weighted by Gasteiger charge is -2.15. The highest BCUT2D eigenvalue weighted by Crippen LogP contribution is 2.13. The number of hydrogen-bond donors (Lipinski definition) is 0. The number of anilines is 1. The maximum absolute atomic E-state index is 13.0. The zero-order chi connectivity index (χ0) is 16.4. The molecule has 2 aromatic heterocycles. The minimum Gasteiger partial charge on any atom is -0.338 e. The van der Waals surface area contributed by atoms with Crippen LogP contribution in [0.25, 0.3) is 5.69 Å². The average Bonchev–Trinajstić information content (AvgIpc) is 2.99. The Morgan fingerprint density at radius 1 is 1.09 bits per heavy atom. The second-order valence-corrected chi connectivity index (χ2v) is 5.41. The van der Waals surface area contributed by atoms with E-state index in [1.165, 1.54) is 12.1 Å². The van der Waals surface area contributed by atoms with E-state index >= 15 is 0 Å². The molecule has 0 unspecified atom stereocenters. The summed E-state index contributed by atoms with van der Waals surface area (Å²) in [5.74, 6) is 0.308. The molecule has 2 heterocycles. The van der Waals surface area contributed by atoms with Gasteiger partial charge in [0.25, 0.3) is 0 Å². The van der Waals surface area contributed by atoms with Gasteiger partial charge in [-0.05, 0) is 38.1 Å². The predicted octanol–water partition coefficient (Wildman–Crippen LogP) is 2.45. The molecule has 0 bridgehead atoms. The minimum atomic E-state index is -0.264. The van der Waals surface area contributed by atoms with Crippen LogP contribution in [-0.2, 0) is 6.54 Å². The van der Waals surface area contributed by atoms with Crippen LogP contribution in [-0.4, -0.2) is 32.0 Å².